The summed E-state index contributed by atoms with van der Waals surface area (Å²) in [6.07, 6.45) is 1.58. The molecule has 0 unspecified atom stereocenters. The van der Waals surface area contributed by atoms with Crippen LogP contribution in [0.5, 0.6) is 0 Å². The molecule has 0 spiro atoms. The minimum absolute atomic E-state index is 0.0208. The molecule has 1 aromatic heterocycles. The summed E-state index contributed by atoms with van der Waals surface area (Å²) in [7, 11) is 0. The number of rotatable bonds is 3. The third-order valence-corrected chi connectivity index (χ3v) is 3.70. The summed E-state index contributed by atoms with van der Waals surface area (Å²) in [6.45, 7) is 3.37. The van der Waals surface area contributed by atoms with Crippen molar-refractivity contribution in [3.63, 3.8) is 0 Å². The lowest BCUT2D eigenvalue weighted by molar-refractivity contribution is 0.0691. The van der Waals surface area contributed by atoms with Crippen molar-refractivity contribution >= 4 is 33.5 Å². The van der Waals surface area contributed by atoms with E-state index in [0.717, 1.165) is 0 Å². The molecule has 2 rings (SSSR count). The Morgan fingerprint density at radius 1 is 1.14 bits per heavy atom. The quantitative estimate of drug-likeness (QED) is 0.833. The predicted molar refractivity (Wildman–Crippen MR) is 82.8 cm³/mol. The fourth-order valence-corrected chi connectivity index (χ4v) is 2.39. The second-order valence-corrected chi connectivity index (χ2v) is 5.30. The average Bonchev–Trinajstić information content (AvgIpc) is 2.43. The van der Waals surface area contributed by atoms with Gasteiger partial charge in [-0.05, 0) is 53.0 Å². The third-order valence-electron chi connectivity index (χ3n) is 3.07. The number of nitrogens with zero attached hydrogens (tertiary/aromatic N) is 1. The minimum Gasteiger partial charge on any atom is -0.478 e. The zero-order valence-corrected chi connectivity index (χ0v) is 13.1. The molecule has 1 heterocycles. The lowest BCUT2D eigenvalue weighted by Gasteiger charge is -2.13. The first-order valence-electron chi connectivity index (χ1n) is 6.17. The number of carboxylic acids is 1. The molecule has 2 aromatic rings. The Morgan fingerprint density at radius 3 is 2.33 bits per heavy atom. The Labute approximate surface area is 130 Å². The summed E-state index contributed by atoms with van der Waals surface area (Å²) >= 11 is 3.24. The van der Waals surface area contributed by atoms with Gasteiger partial charge in [0, 0.05) is 6.20 Å². The molecule has 0 aliphatic rings. The lowest BCUT2D eigenvalue weighted by Crippen LogP contribution is -2.19. The van der Waals surface area contributed by atoms with Crippen LogP contribution in [0.3, 0.4) is 0 Å². The molecular weight excluding hydrogens is 336 g/mol. The van der Waals surface area contributed by atoms with Crippen molar-refractivity contribution in [1.82, 2.24) is 4.98 Å². The molecule has 2 N–H and O–H groups in total. The highest BCUT2D eigenvalue weighted by Crippen LogP contribution is 2.23. The Kier molecular flexibility index (Phi) is 4.37. The van der Waals surface area contributed by atoms with Crippen molar-refractivity contribution in [2.24, 2.45) is 0 Å². The van der Waals surface area contributed by atoms with Crippen LogP contribution in [-0.4, -0.2) is 22.0 Å². The zero-order valence-electron chi connectivity index (χ0n) is 11.5. The highest BCUT2D eigenvalue weighted by molar-refractivity contribution is 9.10. The fourth-order valence-electron chi connectivity index (χ4n) is 2.04. The number of hydrogen-bond donors (Lipinski definition) is 2. The number of pyridine rings is 1. The monoisotopic (exact) mass is 348 g/mol. The van der Waals surface area contributed by atoms with E-state index in [4.69, 9.17) is 0 Å². The molecule has 0 aliphatic carbocycles. The van der Waals surface area contributed by atoms with Crippen molar-refractivity contribution in [2.45, 2.75) is 13.8 Å². The molecule has 0 aliphatic heterocycles. The van der Waals surface area contributed by atoms with Crippen molar-refractivity contribution < 1.29 is 14.7 Å². The van der Waals surface area contributed by atoms with Gasteiger partial charge < -0.3 is 10.4 Å². The van der Waals surface area contributed by atoms with Crippen LogP contribution in [0, 0.1) is 13.8 Å². The predicted octanol–water partition coefficient (Wildman–Crippen LogP) is 3.41. The van der Waals surface area contributed by atoms with E-state index in [9.17, 15) is 14.7 Å². The van der Waals surface area contributed by atoms with Gasteiger partial charge >= 0.3 is 5.97 Å². The van der Waals surface area contributed by atoms with Crippen LogP contribution in [0.1, 0.15) is 31.8 Å². The van der Waals surface area contributed by atoms with Crippen LogP contribution in [0.2, 0.25) is 0 Å². The van der Waals surface area contributed by atoms with Crippen LogP contribution in [0.25, 0.3) is 0 Å². The van der Waals surface area contributed by atoms with Crippen molar-refractivity contribution in [2.75, 3.05) is 5.32 Å². The summed E-state index contributed by atoms with van der Waals surface area (Å²) in [5.74, 6) is -1.59. The fraction of sp³-hybridized carbons (Fsp3) is 0.133. The van der Waals surface area contributed by atoms with Gasteiger partial charge in [0.05, 0.1) is 16.8 Å². The van der Waals surface area contributed by atoms with Crippen LogP contribution in [0.15, 0.2) is 35.1 Å². The molecule has 21 heavy (non-hydrogen) atoms. The van der Waals surface area contributed by atoms with E-state index in [1.165, 1.54) is 0 Å². The molecule has 0 atom stereocenters. The molecule has 0 bridgehead atoms. The van der Waals surface area contributed by atoms with Crippen molar-refractivity contribution in [1.29, 1.82) is 0 Å². The van der Waals surface area contributed by atoms with Gasteiger partial charge in [0.1, 0.15) is 4.60 Å². The summed E-state index contributed by atoms with van der Waals surface area (Å²) in [4.78, 5) is 27.9. The number of aromatic carboxylic acids is 1. The number of aromatic nitrogens is 1. The Hall–Kier alpha value is -2.21. The van der Waals surface area contributed by atoms with Gasteiger partial charge in [0.25, 0.3) is 5.91 Å². The maximum absolute atomic E-state index is 12.4. The molecular formula is C15H13BrN2O3. The maximum atomic E-state index is 12.4. The van der Waals surface area contributed by atoms with Crippen LogP contribution in [0.4, 0.5) is 5.69 Å². The number of aryl methyl sites for hydroxylation is 2. The molecule has 6 heteroatoms. The number of nitrogens with one attached hydrogen (secondary N) is 1. The lowest BCUT2D eigenvalue weighted by atomic mass is 9.96. The summed E-state index contributed by atoms with van der Waals surface area (Å²) in [5.41, 5.74) is 1.82. The molecule has 108 valence electrons. The second kappa shape index (κ2) is 6.05. The SMILES string of the molecule is Cc1ccc(C)c(C(=O)Nc2cccnc2Br)c1C(=O)O. The first-order chi connectivity index (χ1) is 9.91. The molecule has 0 saturated heterocycles. The number of halogens is 1. The first-order valence-corrected chi connectivity index (χ1v) is 6.96. The molecule has 1 amide bonds. The number of benzene rings is 1. The van der Waals surface area contributed by atoms with E-state index in [-0.39, 0.29) is 11.1 Å². The van der Waals surface area contributed by atoms with E-state index >= 15 is 0 Å². The van der Waals surface area contributed by atoms with Crippen LogP contribution < -0.4 is 5.32 Å². The normalized spacial score (nSPS) is 10.2. The second-order valence-electron chi connectivity index (χ2n) is 4.55. The molecule has 1 aromatic carbocycles. The van der Waals surface area contributed by atoms with E-state index in [1.54, 1.807) is 44.3 Å². The Balaban J connectivity index is 2.47. The molecule has 0 fully saturated rings. The first kappa shape index (κ1) is 15.2. The minimum atomic E-state index is -1.12. The standard InChI is InChI=1S/C15H13BrN2O3/c1-8-5-6-9(2)12(15(20)21)11(8)14(19)18-10-4-3-7-17-13(10)16/h3-7H,1-2H3,(H,18,19)(H,20,21). The summed E-state index contributed by atoms with van der Waals surface area (Å²) in [5, 5.41) is 12.0. The Morgan fingerprint density at radius 2 is 1.76 bits per heavy atom. The third kappa shape index (κ3) is 3.11. The van der Waals surface area contributed by atoms with E-state index in [1.807, 2.05) is 0 Å². The number of carbonyl (C=O) groups excluding carboxylic acids is 1. The van der Waals surface area contributed by atoms with E-state index in [2.05, 4.69) is 26.2 Å². The average molecular weight is 349 g/mol. The van der Waals surface area contributed by atoms with E-state index < -0.39 is 11.9 Å². The number of carboxylic acid groups (broad SMARTS) is 1. The maximum Gasteiger partial charge on any atom is 0.336 e. The van der Waals surface area contributed by atoms with E-state index in [0.29, 0.717) is 21.4 Å². The summed E-state index contributed by atoms with van der Waals surface area (Å²) < 4.78 is 0.487. The Bertz CT molecular complexity index is 729. The van der Waals surface area contributed by atoms with Gasteiger partial charge in [-0.3, -0.25) is 4.79 Å². The van der Waals surface area contributed by atoms with Gasteiger partial charge in [-0.2, -0.15) is 0 Å². The van der Waals surface area contributed by atoms with Crippen molar-refractivity contribution in [3.8, 4) is 0 Å². The van der Waals surface area contributed by atoms with Gasteiger partial charge in [-0.1, -0.05) is 12.1 Å². The van der Waals surface area contributed by atoms with Gasteiger partial charge in [0.2, 0.25) is 0 Å². The molecule has 0 radical (unpaired) electrons. The van der Waals surface area contributed by atoms with Crippen molar-refractivity contribution in [3.05, 3.63) is 57.3 Å². The highest BCUT2D eigenvalue weighted by Gasteiger charge is 2.21. The molecule has 5 nitrogen and oxygen atoms in total. The molecule has 0 saturated carbocycles. The van der Waals surface area contributed by atoms with Gasteiger partial charge in [0.15, 0.2) is 0 Å². The number of carbonyl (C=O) groups is 2. The van der Waals surface area contributed by atoms with Gasteiger partial charge in [-0.15, -0.1) is 0 Å². The number of amides is 1. The summed E-state index contributed by atoms with van der Waals surface area (Å²) in [6, 6.07) is 6.78. The topological polar surface area (TPSA) is 79.3 Å². The number of anilines is 1. The van der Waals surface area contributed by atoms with Crippen LogP contribution >= 0.6 is 15.9 Å². The van der Waals surface area contributed by atoms with Crippen LogP contribution in [-0.2, 0) is 0 Å². The number of hydrogen-bond acceptors (Lipinski definition) is 3. The smallest absolute Gasteiger partial charge is 0.336 e. The van der Waals surface area contributed by atoms with Gasteiger partial charge in [-0.25, -0.2) is 9.78 Å². The highest BCUT2D eigenvalue weighted by atomic mass is 79.9. The zero-order chi connectivity index (χ0) is 15.6. The largest absolute Gasteiger partial charge is 0.478 e.